The van der Waals surface area contributed by atoms with Crippen LogP contribution in [0.25, 0.3) is 10.4 Å². The predicted octanol–water partition coefficient (Wildman–Crippen LogP) is 2.24. The molecule has 0 aromatic carbocycles. The van der Waals surface area contributed by atoms with Gasteiger partial charge in [0.25, 0.3) is 0 Å². The summed E-state index contributed by atoms with van der Waals surface area (Å²) in [4.78, 5) is 2.81. The Morgan fingerprint density at radius 1 is 1.33 bits per heavy atom. The third-order valence-electron chi connectivity index (χ3n) is 2.57. The van der Waals surface area contributed by atoms with Crippen molar-refractivity contribution in [1.82, 2.24) is 0 Å². The molecule has 0 aromatic rings. The molecule has 1 aliphatic rings. The first kappa shape index (κ1) is 9.36. The highest BCUT2D eigenvalue weighted by Gasteiger charge is 2.19. The maximum atomic E-state index is 8.71. The van der Waals surface area contributed by atoms with E-state index in [1.807, 2.05) is 0 Å². The third-order valence-corrected chi connectivity index (χ3v) is 2.57. The first-order valence-electron chi connectivity index (χ1n) is 4.52. The number of rotatable bonds is 3. The highest BCUT2D eigenvalue weighted by atomic mass is 16.3. The van der Waals surface area contributed by atoms with Crippen LogP contribution >= 0.6 is 0 Å². The summed E-state index contributed by atoms with van der Waals surface area (Å²) in [6.45, 7) is 0.289. The number of hydrogen-bond donors (Lipinski definition) is 1. The highest BCUT2D eigenvalue weighted by molar-refractivity contribution is 4.76. The summed E-state index contributed by atoms with van der Waals surface area (Å²) in [5.74, 6) is 0.653. The van der Waals surface area contributed by atoms with Gasteiger partial charge < -0.3 is 5.11 Å². The van der Waals surface area contributed by atoms with E-state index < -0.39 is 0 Å². The molecule has 0 heterocycles. The van der Waals surface area contributed by atoms with E-state index in [2.05, 4.69) is 10.0 Å². The van der Waals surface area contributed by atoms with Crippen LogP contribution in [0.15, 0.2) is 5.11 Å². The monoisotopic (exact) mass is 169 g/mol. The minimum atomic E-state index is 0.213. The minimum absolute atomic E-state index is 0.213. The van der Waals surface area contributed by atoms with Crippen molar-refractivity contribution in [3.8, 4) is 0 Å². The lowest BCUT2D eigenvalue weighted by atomic mass is 9.85. The fourth-order valence-corrected chi connectivity index (χ4v) is 1.80. The molecule has 1 aliphatic carbocycles. The largest absolute Gasteiger partial charge is 0.396 e. The standard InChI is InChI=1S/C8H15N3O/c9-11-10-8-3-1-7(2-4-8)5-6-12/h7-8,12H,1-6H2. The molecule has 0 aromatic heterocycles. The zero-order valence-electron chi connectivity index (χ0n) is 7.19. The van der Waals surface area contributed by atoms with E-state index in [0.29, 0.717) is 5.92 Å². The van der Waals surface area contributed by atoms with Crippen LogP contribution in [0.1, 0.15) is 32.1 Å². The van der Waals surface area contributed by atoms with Gasteiger partial charge in [-0.3, -0.25) is 0 Å². The Labute approximate surface area is 72.2 Å². The molecule has 0 bridgehead atoms. The van der Waals surface area contributed by atoms with Gasteiger partial charge in [-0.2, -0.15) is 0 Å². The van der Waals surface area contributed by atoms with Gasteiger partial charge in [-0.1, -0.05) is 5.11 Å². The van der Waals surface area contributed by atoms with Crippen molar-refractivity contribution in [3.63, 3.8) is 0 Å². The maximum absolute atomic E-state index is 8.71. The zero-order chi connectivity index (χ0) is 8.81. The molecule has 1 fully saturated rings. The molecule has 4 nitrogen and oxygen atoms in total. The van der Waals surface area contributed by atoms with Crippen LogP contribution in [0.4, 0.5) is 0 Å². The van der Waals surface area contributed by atoms with Crippen molar-refractivity contribution < 1.29 is 5.11 Å². The lowest BCUT2D eigenvalue weighted by Gasteiger charge is -2.24. The Bertz CT molecular complexity index is 169. The molecule has 12 heavy (non-hydrogen) atoms. The predicted molar refractivity (Wildman–Crippen MR) is 46.6 cm³/mol. The molecule has 68 valence electrons. The van der Waals surface area contributed by atoms with Crippen molar-refractivity contribution in [2.45, 2.75) is 38.1 Å². The average Bonchev–Trinajstić information content (AvgIpc) is 2.09. The van der Waals surface area contributed by atoms with Crippen molar-refractivity contribution in [3.05, 3.63) is 10.4 Å². The second kappa shape index (κ2) is 5.01. The molecule has 1 saturated carbocycles. The summed E-state index contributed by atoms with van der Waals surface area (Å²) in [5.41, 5.74) is 8.21. The molecule has 1 N–H and O–H groups in total. The van der Waals surface area contributed by atoms with E-state index in [1.54, 1.807) is 0 Å². The Hall–Kier alpha value is -0.730. The van der Waals surface area contributed by atoms with Gasteiger partial charge in [-0.15, -0.1) is 0 Å². The van der Waals surface area contributed by atoms with Gasteiger partial charge in [0.05, 0.1) is 0 Å². The summed E-state index contributed by atoms with van der Waals surface area (Å²) in [6.07, 6.45) is 5.10. The fourth-order valence-electron chi connectivity index (χ4n) is 1.80. The minimum Gasteiger partial charge on any atom is -0.396 e. The van der Waals surface area contributed by atoms with Crippen LogP contribution in [0.3, 0.4) is 0 Å². The van der Waals surface area contributed by atoms with Crippen molar-refractivity contribution >= 4 is 0 Å². The van der Waals surface area contributed by atoms with Crippen LogP contribution in [0.2, 0.25) is 0 Å². The first-order chi connectivity index (χ1) is 5.86. The quantitative estimate of drug-likeness (QED) is 0.393. The zero-order valence-corrected chi connectivity index (χ0v) is 7.19. The SMILES string of the molecule is [N-]=[N+]=NC1CCC(CCO)CC1. The van der Waals surface area contributed by atoms with E-state index in [4.69, 9.17) is 10.6 Å². The van der Waals surface area contributed by atoms with Crippen molar-refractivity contribution in [1.29, 1.82) is 0 Å². The van der Waals surface area contributed by atoms with Gasteiger partial charge in [0, 0.05) is 17.6 Å². The molecular formula is C8H15N3O. The second-order valence-corrected chi connectivity index (χ2v) is 3.39. The normalized spacial score (nSPS) is 29.4. The number of hydrogen-bond acceptors (Lipinski definition) is 2. The summed E-state index contributed by atoms with van der Waals surface area (Å²) in [6, 6.07) is 0.213. The number of nitrogens with zero attached hydrogens (tertiary/aromatic N) is 3. The molecule has 0 atom stereocenters. The molecular weight excluding hydrogens is 154 g/mol. The summed E-state index contributed by atoms with van der Waals surface area (Å²) in [7, 11) is 0. The Morgan fingerprint density at radius 3 is 2.50 bits per heavy atom. The molecule has 0 unspecified atom stereocenters. The van der Waals surface area contributed by atoms with Gasteiger partial charge in [0.2, 0.25) is 0 Å². The third kappa shape index (κ3) is 2.72. The van der Waals surface area contributed by atoms with Crippen molar-refractivity contribution in [2.24, 2.45) is 11.0 Å². The van der Waals surface area contributed by atoms with Gasteiger partial charge in [-0.05, 0) is 43.6 Å². The Morgan fingerprint density at radius 2 is 2.00 bits per heavy atom. The molecule has 0 aliphatic heterocycles. The van der Waals surface area contributed by atoms with Crippen LogP contribution in [0, 0.1) is 5.92 Å². The molecule has 4 heteroatoms. The van der Waals surface area contributed by atoms with Crippen LogP contribution in [-0.2, 0) is 0 Å². The van der Waals surface area contributed by atoms with Gasteiger partial charge in [0.15, 0.2) is 0 Å². The lowest BCUT2D eigenvalue weighted by Crippen LogP contribution is -2.17. The van der Waals surface area contributed by atoms with Crippen molar-refractivity contribution in [2.75, 3.05) is 6.61 Å². The van der Waals surface area contributed by atoms with Crippen LogP contribution in [-0.4, -0.2) is 17.8 Å². The molecule has 0 spiro atoms. The van der Waals surface area contributed by atoms with E-state index in [9.17, 15) is 0 Å². The average molecular weight is 169 g/mol. The molecule has 0 radical (unpaired) electrons. The van der Waals surface area contributed by atoms with Gasteiger partial charge >= 0.3 is 0 Å². The maximum Gasteiger partial charge on any atom is 0.0433 e. The first-order valence-corrected chi connectivity index (χ1v) is 4.52. The lowest BCUT2D eigenvalue weighted by molar-refractivity contribution is 0.223. The summed E-state index contributed by atoms with van der Waals surface area (Å²) in [5, 5.41) is 12.4. The highest BCUT2D eigenvalue weighted by Crippen LogP contribution is 2.28. The van der Waals surface area contributed by atoms with E-state index >= 15 is 0 Å². The van der Waals surface area contributed by atoms with Gasteiger partial charge in [0.1, 0.15) is 0 Å². The summed E-state index contributed by atoms with van der Waals surface area (Å²) >= 11 is 0. The van der Waals surface area contributed by atoms with Crippen LogP contribution in [0.5, 0.6) is 0 Å². The molecule has 0 saturated heterocycles. The second-order valence-electron chi connectivity index (χ2n) is 3.39. The summed E-state index contributed by atoms with van der Waals surface area (Å²) < 4.78 is 0. The van der Waals surface area contributed by atoms with Crippen LogP contribution < -0.4 is 0 Å². The topological polar surface area (TPSA) is 69.0 Å². The molecule has 0 amide bonds. The number of azide groups is 1. The smallest absolute Gasteiger partial charge is 0.0433 e. The number of aliphatic hydroxyl groups excluding tert-OH is 1. The Kier molecular flexibility index (Phi) is 3.91. The fraction of sp³-hybridized carbons (Fsp3) is 1.00. The van der Waals surface area contributed by atoms with E-state index in [0.717, 1.165) is 32.1 Å². The molecule has 1 rings (SSSR count). The van der Waals surface area contributed by atoms with Gasteiger partial charge in [-0.25, -0.2) is 0 Å². The Balaban J connectivity index is 2.24. The van der Waals surface area contributed by atoms with E-state index in [-0.39, 0.29) is 12.6 Å². The number of aliphatic hydroxyl groups is 1. The van der Waals surface area contributed by atoms with E-state index in [1.165, 1.54) is 0 Å².